The molecule has 2 saturated heterocycles. The normalized spacial score (nSPS) is 21.4. The molecule has 122 heavy (non-hydrogen) atoms. The van der Waals surface area contributed by atoms with Crippen molar-refractivity contribution in [3.8, 4) is 0 Å². The van der Waals surface area contributed by atoms with Crippen molar-refractivity contribution in [2.24, 2.45) is 17.2 Å². The number of aliphatic hydroxyl groups excluding tert-OH is 2. The Hall–Kier alpha value is -11.4. The van der Waals surface area contributed by atoms with Gasteiger partial charge in [0, 0.05) is 81.3 Å². The molecule has 0 spiro atoms. The lowest BCUT2D eigenvalue weighted by molar-refractivity contribution is -0.143. The van der Waals surface area contributed by atoms with Crippen LogP contribution in [0.5, 0.6) is 0 Å². The van der Waals surface area contributed by atoms with Gasteiger partial charge in [0.2, 0.25) is 76.8 Å². The molecule has 0 aliphatic carbocycles. The Morgan fingerprint density at radius 2 is 1.24 bits per heavy atom. The second-order valence-corrected chi connectivity index (χ2v) is 31.9. The van der Waals surface area contributed by atoms with Crippen molar-refractivity contribution in [2.45, 2.75) is 292 Å². The highest BCUT2D eigenvalue weighted by molar-refractivity contribution is 6.01. The smallest absolute Gasteiger partial charge is 0.251 e. The number of aromatic nitrogens is 3. The van der Waals surface area contributed by atoms with Crippen LogP contribution in [-0.2, 0) is 91.2 Å². The first-order valence-corrected chi connectivity index (χ1v) is 43.0. The highest BCUT2D eigenvalue weighted by Gasteiger charge is 2.45. The predicted octanol–water partition coefficient (Wildman–Crippen LogP) is -0.280. The van der Waals surface area contributed by atoms with Gasteiger partial charge in [0.05, 0.1) is 31.0 Å². The molecule has 14 amide bonds. The monoisotopic (exact) mass is 1700 g/mol. The number of hydrogen-bond acceptors (Lipinski definition) is 20. The molecule has 0 saturated carbocycles. The molecule has 38 heteroatoms. The average molecular weight is 1700 g/mol. The molecule has 1 unspecified atom stereocenters. The van der Waals surface area contributed by atoms with E-state index in [1.165, 1.54) is 64.5 Å². The number of guanidine groups is 1. The molecule has 4 aromatic rings. The Balaban J connectivity index is 1.06. The van der Waals surface area contributed by atoms with Crippen LogP contribution in [0, 0.1) is 5.41 Å². The highest BCUT2D eigenvalue weighted by atomic mass is 16.3. The summed E-state index contributed by atoms with van der Waals surface area (Å²) in [6.07, 6.45) is 13.6. The van der Waals surface area contributed by atoms with E-state index in [4.69, 9.17) is 22.6 Å². The molecule has 3 aliphatic rings. The number of imidazole rings is 1. The van der Waals surface area contributed by atoms with Gasteiger partial charge in [-0.15, -0.1) is 0 Å². The summed E-state index contributed by atoms with van der Waals surface area (Å²) in [7, 11) is 0. The van der Waals surface area contributed by atoms with Crippen LogP contribution in [0.15, 0.2) is 67.0 Å². The largest absolute Gasteiger partial charge is 0.391 e. The molecule has 2 aromatic heterocycles. The Kier molecular flexibility index (Phi) is 41.2. The average Bonchev–Trinajstić information content (AvgIpc) is 1.63. The Bertz CT molecular complexity index is 4180. The number of fused-ring (bicyclic) bond motifs is 4. The lowest BCUT2D eigenvalue weighted by atomic mass is 10.0. The number of amides is 14. The zero-order valence-electron chi connectivity index (χ0n) is 70.2. The van der Waals surface area contributed by atoms with Crippen molar-refractivity contribution >= 4 is 105 Å². The van der Waals surface area contributed by atoms with Gasteiger partial charge in [-0.25, -0.2) is 4.98 Å². The summed E-state index contributed by atoms with van der Waals surface area (Å²) in [5.41, 5.74) is 19.0. The fourth-order valence-electron chi connectivity index (χ4n) is 15.0. The maximum Gasteiger partial charge on any atom is 0.251 e. The molecule has 38 nitrogen and oxygen atoms in total. The first-order valence-electron chi connectivity index (χ1n) is 43.0. The highest BCUT2D eigenvalue weighted by Crippen LogP contribution is 2.25. The number of nitrogens with two attached hydrogens (primary N) is 3. The summed E-state index contributed by atoms with van der Waals surface area (Å²) in [5.74, 6) is -13.4. The molecule has 2 aromatic carbocycles. The lowest BCUT2D eigenvalue weighted by Crippen LogP contribution is -2.60. The second-order valence-electron chi connectivity index (χ2n) is 31.9. The third kappa shape index (κ3) is 32.9. The molecule has 2 bridgehead atoms. The number of hydrogen-bond donors (Lipinski definition) is 21. The first-order chi connectivity index (χ1) is 58.5. The van der Waals surface area contributed by atoms with Gasteiger partial charge >= 0.3 is 0 Å². The Morgan fingerprint density at radius 1 is 0.615 bits per heavy atom. The van der Waals surface area contributed by atoms with Gasteiger partial charge < -0.3 is 111 Å². The van der Waals surface area contributed by atoms with Gasteiger partial charge in [-0.1, -0.05) is 152 Å². The third-order valence-electron chi connectivity index (χ3n) is 21.9. The maximum absolute atomic E-state index is 15.4. The number of carbonyl (C=O) groups excluding carboxylic acids is 15. The van der Waals surface area contributed by atoms with E-state index in [1.54, 1.807) is 49.5 Å². The minimum absolute atomic E-state index is 0.0336. The summed E-state index contributed by atoms with van der Waals surface area (Å²) in [4.78, 5) is 224. The van der Waals surface area contributed by atoms with Crippen molar-refractivity contribution in [1.29, 1.82) is 5.41 Å². The first kappa shape index (κ1) is 97.7. The van der Waals surface area contributed by atoms with E-state index in [-0.39, 0.29) is 120 Å². The van der Waals surface area contributed by atoms with Gasteiger partial charge in [0.25, 0.3) is 5.91 Å². The van der Waals surface area contributed by atoms with E-state index in [9.17, 15) is 63.0 Å². The van der Waals surface area contributed by atoms with Crippen molar-refractivity contribution in [1.82, 2.24) is 89.0 Å². The Labute approximate surface area is 710 Å². The van der Waals surface area contributed by atoms with Crippen LogP contribution in [0.25, 0.3) is 10.9 Å². The van der Waals surface area contributed by atoms with Crippen molar-refractivity contribution in [2.75, 3.05) is 32.7 Å². The number of nitrogens with one attached hydrogen (secondary N) is 16. The SMILES string of the molecule is CCCCCCCCCCCCCCCC(=O)NCC(=O)N[C@H](C(=O)N[C@@H](CCC(N)=O)C(=O)N[C@H]1Cc2c[nH]c(n2)C(C(=O)N[C@@H](CCCC)C(=O)N[C@H]2CCC(=O)CNCCCC[C@@H](C(N)=O)NC(=O)[C@H](Cc3c[nH]c4ccccc34)NC(=O)[C@H](CCCNC(=N)N)NC(=O)[C@@H](Cc3ccccc3)NC(=O)[C@@H]3C[C@@H](O)CN3C2=O)NC1=O)[C@@H](C)O. The fourth-order valence-corrected chi connectivity index (χ4v) is 15.0. The Morgan fingerprint density at radius 3 is 1.91 bits per heavy atom. The number of Topliss-reactive ketones (excluding diaryl/α,β-unsaturated/α-hetero) is 1. The van der Waals surface area contributed by atoms with Crippen LogP contribution < -0.4 is 86.3 Å². The minimum atomic E-state index is -1.71. The van der Waals surface area contributed by atoms with Crippen LogP contribution >= 0.6 is 0 Å². The van der Waals surface area contributed by atoms with Gasteiger partial charge in [-0.2, -0.15) is 0 Å². The van der Waals surface area contributed by atoms with Gasteiger partial charge in [-0.3, -0.25) is 77.3 Å². The van der Waals surface area contributed by atoms with Crippen LogP contribution in [0.4, 0.5) is 0 Å². The summed E-state index contributed by atoms with van der Waals surface area (Å²) in [5, 5.41) is 65.1. The quantitative estimate of drug-likeness (QED) is 0.0154. The van der Waals surface area contributed by atoms with Gasteiger partial charge in [0.15, 0.2) is 12.0 Å². The zero-order chi connectivity index (χ0) is 88.6. The van der Waals surface area contributed by atoms with Crippen molar-refractivity contribution in [3.63, 3.8) is 0 Å². The molecular formula is C84H127N21O17. The summed E-state index contributed by atoms with van der Waals surface area (Å²) in [6.45, 7) is 4.21. The van der Waals surface area contributed by atoms with Crippen LogP contribution in [0.2, 0.25) is 0 Å². The number of para-hydroxylation sites is 1. The molecule has 670 valence electrons. The van der Waals surface area contributed by atoms with E-state index in [2.05, 4.69) is 91.0 Å². The number of aromatic amines is 2. The van der Waals surface area contributed by atoms with Crippen molar-refractivity contribution in [3.05, 3.63) is 89.6 Å². The molecule has 24 N–H and O–H groups in total. The van der Waals surface area contributed by atoms with E-state index in [1.807, 2.05) is 18.2 Å². The standard InChI is InChI=1S/C84H127N21O17/c1-4-6-8-9-10-11-12-13-14-15-16-17-21-34-68(110)92-48-69(111)103-70(50(3)106)81(120)98-61(37-38-67(85)109)76(115)101-65-43-53-46-93-73(94-53)71(104-79(65)118)82(121)97-59(30-7-5-2)74(113)99-62-36-35-54(107)47-89-39-25-24-32-58(72(86)112)95-78(117)64(42-52-45-91-57-31-23-22-29-56(52)57)100-75(114)60(33-26-40-90-84(87)88)96-77(116)63(41-51-27-19-18-20-28-51)102-80(119)66-44-55(108)49-105(66)83(62)122/h18-20,22-23,27-29,31,45-46,50,55,58-66,70-71,89,91,106,108H,4-17,21,24-26,30,32-44,47-49H2,1-3H3,(H2,85,109)(H2,86,112)(H,92,110)(H,93,94)(H,95,117)(H,96,116)(H,97,121)(H,98,120)(H,99,113)(H,100,114)(H,101,115)(H,102,119)(H,103,111)(H,104,118)(H4,87,88,90)/t50-,55-,58+,59+,60+,61+,62+,63-,64+,65+,66+,70+,71?/m1/s1. The predicted molar refractivity (Wildman–Crippen MR) is 451 cm³/mol. The van der Waals surface area contributed by atoms with E-state index < -0.39 is 194 Å². The van der Waals surface area contributed by atoms with Crippen LogP contribution in [0.1, 0.15) is 223 Å². The number of carbonyl (C=O) groups is 15. The molecule has 2 fully saturated rings. The summed E-state index contributed by atoms with van der Waals surface area (Å²) in [6, 6.07) is -1.15. The number of aliphatic hydroxyl groups is 2. The number of H-pyrrole nitrogens is 2. The molecular weight excluding hydrogens is 1580 g/mol. The zero-order valence-corrected chi connectivity index (χ0v) is 70.2. The number of benzene rings is 2. The fraction of sp³-hybridized carbons (Fsp3) is 0.607. The van der Waals surface area contributed by atoms with Gasteiger partial charge in [0.1, 0.15) is 72.0 Å². The summed E-state index contributed by atoms with van der Waals surface area (Å²) < 4.78 is 0. The van der Waals surface area contributed by atoms with E-state index >= 15 is 19.2 Å². The number of ketones is 1. The van der Waals surface area contributed by atoms with Crippen LogP contribution in [0.3, 0.4) is 0 Å². The molecule has 7 rings (SSSR count). The third-order valence-corrected chi connectivity index (χ3v) is 21.9. The van der Waals surface area contributed by atoms with E-state index in [0.29, 0.717) is 30.4 Å². The van der Waals surface area contributed by atoms with E-state index in [0.717, 1.165) is 41.5 Å². The number of unbranched alkanes of at least 4 members (excludes halogenated alkanes) is 13. The van der Waals surface area contributed by atoms with Gasteiger partial charge in [-0.05, 0) is 88.4 Å². The summed E-state index contributed by atoms with van der Waals surface area (Å²) >= 11 is 0. The lowest BCUT2D eigenvalue weighted by Gasteiger charge is -2.31. The van der Waals surface area contributed by atoms with Crippen LogP contribution in [-0.4, -0.2) is 230 Å². The number of primary amides is 2. The molecule has 13 atom stereocenters. The number of rotatable bonds is 41. The van der Waals surface area contributed by atoms with Crippen molar-refractivity contribution < 1.29 is 82.1 Å². The molecule has 5 heterocycles. The molecule has 0 radical (unpaired) electrons. The topological polar surface area (TPSA) is 603 Å². The number of nitrogens with zero attached hydrogens (tertiary/aromatic N) is 2. The molecule has 3 aliphatic heterocycles. The second kappa shape index (κ2) is 51.4. The minimum Gasteiger partial charge on any atom is -0.391 e. The maximum atomic E-state index is 15.4.